The van der Waals surface area contributed by atoms with Crippen LogP contribution in [0.15, 0.2) is 33.1 Å². The summed E-state index contributed by atoms with van der Waals surface area (Å²) in [5, 5.41) is 3.49. The van der Waals surface area contributed by atoms with Crippen molar-refractivity contribution in [3.8, 4) is 0 Å². The van der Waals surface area contributed by atoms with Gasteiger partial charge in [-0.15, -0.1) is 11.3 Å². The predicted octanol–water partition coefficient (Wildman–Crippen LogP) is 3.65. The molecule has 0 spiro atoms. The Kier molecular flexibility index (Phi) is 3.05. The van der Waals surface area contributed by atoms with Gasteiger partial charge in [-0.3, -0.25) is 0 Å². The van der Waals surface area contributed by atoms with Crippen molar-refractivity contribution < 1.29 is 0 Å². The van der Waals surface area contributed by atoms with Gasteiger partial charge < -0.3 is 0 Å². The summed E-state index contributed by atoms with van der Waals surface area (Å²) in [5.74, 6) is 0. The Bertz CT molecular complexity index is 428. The molecule has 2 aromatic rings. The molecule has 0 bridgehead atoms. The van der Waals surface area contributed by atoms with E-state index in [1.54, 1.807) is 23.1 Å². The Morgan fingerprint density at radius 1 is 1.43 bits per heavy atom. The maximum atomic E-state index is 5.89. The number of thiophene rings is 1. The molecule has 72 valence electrons. The molecular weight excluding hydrogens is 236 g/mol. The van der Waals surface area contributed by atoms with Crippen LogP contribution in [-0.4, -0.2) is 9.97 Å². The van der Waals surface area contributed by atoms with E-state index in [4.69, 9.17) is 11.6 Å². The van der Waals surface area contributed by atoms with E-state index in [0.29, 0.717) is 5.15 Å². The van der Waals surface area contributed by atoms with E-state index >= 15 is 0 Å². The number of nitrogens with zero attached hydrogens (tertiary/aromatic N) is 2. The maximum absolute atomic E-state index is 5.89. The molecule has 0 aliphatic rings. The summed E-state index contributed by atoms with van der Waals surface area (Å²) in [7, 11) is 0. The molecule has 0 fully saturated rings. The second kappa shape index (κ2) is 4.29. The zero-order valence-electron chi connectivity index (χ0n) is 7.40. The number of halogens is 1. The van der Waals surface area contributed by atoms with Gasteiger partial charge in [-0.05, 0) is 18.4 Å². The quantitative estimate of drug-likeness (QED) is 0.752. The molecule has 0 aliphatic heterocycles. The number of hydrogen-bond acceptors (Lipinski definition) is 4. The van der Waals surface area contributed by atoms with E-state index in [2.05, 4.69) is 16.0 Å². The van der Waals surface area contributed by atoms with Crippen molar-refractivity contribution >= 4 is 34.7 Å². The highest BCUT2D eigenvalue weighted by atomic mass is 35.5. The lowest BCUT2D eigenvalue weighted by molar-refractivity contribution is 1.00. The van der Waals surface area contributed by atoms with E-state index < -0.39 is 0 Å². The summed E-state index contributed by atoms with van der Waals surface area (Å²) in [6.07, 6.45) is 1.49. The van der Waals surface area contributed by atoms with Gasteiger partial charge in [0.1, 0.15) is 16.5 Å². The monoisotopic (exact) mass is 242 g/mol. The molecule has 2 nitrogen and oxygen atoms in total. The first-order chi connectivity index (χ1) is 6.77. The van der Waals surface area contributed by atoms with Gasteiger partial charge >= 0.3 is 0 Å². The highest BCUT2D eigenvalue weighted by molar-refractivity contribution is 8.01. The lowest BCUT2D eigenvalue weighted by Crippen LogP contribution is -1.88. The van der Waals surface area contributed by atoms with Gasteiger partial charge in [-0.1, -0.05) is 29.4 Å². The third kappa shape index (κ3) is 2.08. The third-order valence-corrected chi connectivity index (χ3v) is 4.19. The smallest absolute Gasteiger partial charge is 0.136 e. The first kappa shape index (κ1) is 9.96. The fourth-order valence-corrected chi connectivity index (χ4v) is 2.85. The summed E-state index contributed by atoms with van der Waals surface area (Å²) in [6, 6.07) is 4.08. The van der Waals surface area contributed by atoms with Crippen LogP contribution < -0.4 is 0 Å². The van der Waals surface area contributed by atoms with Crippen molar-refractivity contribution in [3.05, 3.63) is 34.6 Å². The van der Waals surface area contributed by atoms with Crippen LogP contribution >= 0.6 is 34.7 Å². The summed E-state index contributed by atoms with van der Waals surface area (Å²) < 4.78 is 1.21. The molecule has 0 saturated heterocycles. The number of rotatable bonds is 2. The average molecular weight is 243 g/mol. The molecule has 0 aliphatic carbocycles. The SMILES string of the molecule is Cc1c(Cl)ncnc1Sc1cccs1. The lowest BCUT2D eigenvalue weighted by Gasteiger charge is -2.02. The van der Waals surface area contributed by atoms with Gasteiger partial charge in [0, 0.05) is 5.56 Å². The molecular formula is C9H7ClN2S2. The summed E-state index contributed by atoms with van der Waals surface area (Å²) >= 11 is 9.20. The standard InChI is InChI=1S/C9H7ClN2S2/c1-6-8(10)11-5-12-9(6)14-7-3-2-4-13-7/h2-5H,1H3. The fourth-order valence-electron chi connectivity index (χ4n) is 0.934. The van der Waals surface area contributed by atoms with Crippen LogP contribution in [0.4, 0.5) is 0 Å². The Hall–Kier alpha value is -0.580. The van der Waals surface area contributed by atoms with Crippen molar-refractivity contribution in [3.63, 3.8) is 0 Å². The van der Waals surface area contributed by atoms with Crippen molar-refractivity contribution in [1.29, 1.82) is 0 Å². The minimum atomic E-state index is 0.527. The minimum Gasteiger partial charge on any atom is -0.229 e. The van der Waals surface area contributed by atoms with Gasteiger partial charge in [-0.2, -0.15) is 0 Å². The Balaban J connectivity index is 2.29. The molecule has 2 aromatic heterocycles. The normalized spacial score (nSPS) is 10.4. The van der Waals surface area contributed by atoms with Gasteiger partial charge in [-0.25, -0.2) is 9.97 Å². The van der Waals surface area contributed by atoms with Crippen LogP contribution in [0.5, 0.6) is 0 Å². The largest absolute Gasteiger partial charge is 0.229 e. The molecule has 5 heteroatoms. The van der Waals surface area contributed by atoms with Crippen LogP contribution in [0.3, 0.4) is 0 Å². The topological polar surface area (TPSA) is 25.8 Å². The van der Waals surface area contributed by atoms with Crippen molar-refractivity contribution in [2.75, 3.05) is 0 Å². The van der Waals surface area contributed by atoms with Crippen LogP contribution in [0.1, 0.15) is 5.56 Å². The zero-order chi connectivity index (χ0) is 9.97. The molecule has 14 heavy (non-hydrogen) atoms. The average Bonchev–Trinajstić information content (AvgIpc) is 2.66. The number of aromatic nitrogens is 2. The van der Waals surface area contributed by atoms with E-state index in [1.165, 1.54) is 10.5 Å². The molecule has 2 rings (SSSR count). The fraction of sp³-hybridized carbons (Fsp3) is 0.111. The zero-order valence-corrected chi connectivity index (χ0v) is 9.79. The van der Waals surface area contributed by atoms with Crippen LogP contribution in [-0.2, 0) is 0 Å². The Morgan fingerprint density at radius 3 is 3.00 bits per heavy atom. The maximum Gasteiger partial charge on any atom is 0.136 e. The minimum absolute atomic E-state index is 0.527. The summed E-state index contributed by atoms with van der Waals surface area (Å²) in [5.41, 5.74) is 0.938. The molecule has 0 unspecified atom stereocenters. The van der Waals surface area contributed by atoms with Gasteiger partial charge in [0.05, 0.1) is 4.21 Å². The molecule has 2 heterocycles. The third-order valence-electron chi connectivity index (χ3n) is 1.67. The van der Waals surface area contributed by atoms with E-state index in [1.807, 2.05) is 18.4 Å². The lowest BCUT2D eigenvalue weighted by atomic mass is 10.4. The number of hydrogen-bond donors (Lipinski definition) is 0. The summed E-state index contributed by atoms with van der Waals surface area (Å²) in [4.78, 5) is 8.10. The van der Waals surface area contributed by atoms with E-state index in [9.17, 15) is 0 Å². The van der Waals surface area contributed by atoms with E-state index in [0.717, 1.165) is 10.6 Å². The molecule has 0 radical (unpaired) electrons. The van der Waals surface area contributed by atoms with Crippen molar-refractivity contribution in [2.24, 2.45) is 0 Å². The van der Waals surface area contributed by atoms with E-state index in [-0.39, 0.29) is 0 Å². The highest BCUT2D eigenvalue weighted by Crippen LogP contribution is 2.32. The Labute approximate surface area is 95.4 Å². The highest BCUT2D eigenvalue weighted by Gasteiger charge is 2.06. The summed E-state index contributed by atoms with van der Waals surface area (Å²) in [6.45, 7) is 1.93. The van der Waals surface area contributed by atoms with Crippen molar-refractivity contribution in [2.45, 2.75) is 16.2 Å². The Morgan fingerprint density at radius 2 is 2.29 bits per heavy atom. The van der Waals surface area contributed by atoms with Gasteiger partial charge in [0.2, 0.25) is 0 Å². The van der Waals surface area contributed by atoms with Crippen LogP contribution in [0, 0.1) is 6.92 Å². The second-order valence-electron chi connectivity index (χ2n) is 2.63. The van der Waals surface area contributed by atoms with Gasteiger partial charge in [0.15, 0.2) is 0 Å². The first-order valence-corrected chi connectivity index (χ1v) is 6.03. The predicted molar refractivity (Wildman–Crippen MR) is 60.2 cm³/mol. The van der Waals surface area contributed by atoms with Gasteiger partial charge in [0.25, 0.3) is 0 Å². The molecule has 0 amide bonds. The first-order valence-electron chi connectivity index (χ1n) is 3.96. The van der Waals surface area contributed by atoms with Crippen LogP contribution in [0.25, 0.3) is 0 Å². The van der Waals surface area contributed by atoms with Crippen LogP contribution in [0.2, 0.25) is 5.15 Å². The van der Waals surface area contributed by atoms with Crippen molar-refractivity contribution in [1.82, 2.24) is 9.97 Å². The second-order valence-corrected chi connectivity index (χ2v) is 5.22. The molecule has 0 saturated carbocycles. The molecule has 0 N–H and O–H groups in total. The molecule has 0 aromatic carbocycles. The molecule has 0 atom stereocenters.